The van der Waals surface area contributed by atoms with Gasteiger partial charge in [-0.3, -0.25) is 4.79 Å². The molecule has 3 N–H and O–H groups in total. The van der Waals surface area contributed by atoms with Gasteiger partial charge >= 0.3 is 0 Å². The van der Waals surface area contributed by atoms with E-state index in [9.17, 15) is 4.79 Å². The van der Waals surface area contributed by atoms with Gasteiger partial charge in [0.2, 0.25) is 5.91 Å². The molecule has 1 aromatic rings. The second-order valence-corrected chi connectivity index (χ2v) is 5.03. The fraction of sp³-hybridized carbons (Fsp3) is 0.500. The molecule has 0 radical (unpaired) electrons. The molecule has 0 saturated heterocycles. The van der Waals surface area contributed by atoms with Gasteiger partial charge in [-0.25, -0.2) is 0 Å². The van der Waals surface area contributed by atoms with Crippen LogP contribution >= 0.6 is 24.0 Å². The molecule has 1 aliphatic rings. The van der Waals surface area contributed by atoms with Crippen LogP contribution in [0.25, 0.3) is 0 Å². The summed E-state index contributed by atoms with van der Waals surface area (Å²) >= 11 is 6.13. The molecule has 1 amide bonds. The third-order valence-electron chi connectivity index (χ3n) is 2.97. The van der Waals surface area contributed by atoms with Crippen molar-refractivity contribution in [1.82, 2.24) is 5.32 Å². The lowest BCUT2D eigenvalue weighted by atomic mass is 10.1. The van der Waals surface area contributed by atoms with Gasteiger partial charge in [0.15, 0.2) is 11.5 Å². The summed E-state index contributed by atoms with van der Waals surface area (Å²) < 4.78 is 10.9. The maximum absolute atomic E-state index is 11.8. The Labute approximate surface area is 135 Å². The number of halogens is 2. The highest BCUT2D eigenvalue weighted by Crippen LogP contribution is 2.38. The van der Waals surface area contributed by atoms with Crippen LogP contribution < -0.4 is 20.5 Å². The Morgan fingerprint density at radius 1 is 1.29 bits per heavy atom. The zero-order valence-electron chi connectivity index (χ0n) is 11.7. The number of nitrogens with two attached hydrogens (primary N) is 1. The van der Waals surface area contributed by atoms with E-state index in [1.54, 1.807) is 12.1 Å². The molecule has 0 aromatic heterocycles. The molecular formula is C14H20Cl2N2O3. The number of hydrogen-bond donors (Lipinski definition) is 2. The van der Waals surface area contributed by atoms with Crippen LogP contribution in [0.2, 0.25) is 5.02 Å². The molecule has 7 heteroatoms. The number of fused-ring (bicyclic) bond motifs is 1. The summed E-state index contributed by atoms with van der Waals surface area (Å²) in [5.74, 6) is 1.13. The fourth-order valence-electron chi connectivity index (χ4n) is 2.01. The summed E-state index contributed by atoms with van der Waals surface area (Å²) in [7, 11) is 0. The van der Waals surface area contributed by atoms with Crippen LogP contribution in [0.5, 0.6) is 11.5 Å². The monoisotopic (exact) mass is 334 g/mol. The predicted molar refractivity (Wildman–Crippen MR) is 84.7 cm³/mol. The summed E-state index contributed by atoms with van der Waals surface area (Å²) in [6.45, 7) is 2.29. The van der Waals surface area contributed by atoms with E-state index in [0.29, 0.717) is 42.8 Å². The van der Waals surface area contributed by atoms with Gasteiger partial charge in [0.1, 0.15) is 13.2 Å². The van der Waals surface area contributed by atoms with Crippen molar-refractivity contribution in [2.45, 2.75) is 19.3 Å². The lowest BCUT2D eigenvalue weighted by Gasteiger charge is -2.20. The van der Waals surface area contributed by atoms with Crippen LogP contribution in [0.4, 0.5) is 0 Å². The molecule has 118 valence electrons. The first-order valence-electron chi connectivity index (χ1n) is 6.75. The van der Waals surface area contributed by atoms with E-state index in [2.05, 4.69) is 5.32 Å². The molecule has 0 bridgehead atoms. The van der Waals surface area contributed by atoms with Gasteiger partial charge in [0.25, 0.3) is 0 Å². The van der Waals surface area contributed by atoms with Crippen molar-refractivity contribution in [2.75, 3.05) is 26.3 Å². The summed E-state index contributed by atoms with van der Waals surface area (Å²) in [5, 5.41) is 3.34. The van der Waals surface area contributed by atoms with E-state index in [1.807, 2.05) is 0 Å². The molecule has 1 aromatic carbocycles. The Bertz CT molecular complexity index is 484. The van der Waals surface area contributed by atoms with Crippen LogP contribution in [0, 0.1) is 0 Å². The smallest absolute Gasteiger partial charge is 0.224 e. The second kappa shape index (κ2) is 8.97. The van der Waals surface area contributed by atoms with Crippen molar-refractivity contribution in [3.05, 3.63) is 22.7 Å². The minimum absolute atomic E-state index is 0. The molecule has 1 aliphatic heterocycles. The van der Waals surface area contributed by atoms with E-state index < -0.39 is 0 Å². The summed E-state index contributed by atoms with van der Waals surface area (Å²) in [4.78, 5) is 11.8. The molecule has 2 rings (SSSR count). The Kier molecular flexibility index (Phi) is 7.64. The molecular weight excluding hydrogens is 315 g/mol. The number of carbonyl (C=O) groups is 1. The third kappa shape index (κ3) is 5.26. The first-order valence-corrected chi connectivity index (χ1v) is 7.13. The van der Waals surface area contributed by atoms with Crippen LogP contribution in [-0.4, -0.2) is 32.2 Å². The molecule has 0 unspecified atom stereocenters. The maximum atomic E-state index is 11.8. The minimum Gasteiger partial charge on any atom is -0.486 e. The number of unbranched alkanes of at least 4 members (excludes halogenated alkanes) is 1. The van der Waals surface area contributed by atoms with Gasteiger partial charge in [-0.1, -0.05) is 11.6 Å². The van der Waals surface area contributed by atoms with E-state index in [-0.39, 0.29) is 24.7 Å². The first kappa shape index (κ1) is 17.9. The van der Waals surface area contributed by atoms with Gasteiger partial charge in [-0.15, -0.1) is 12.4 Å². The summed E-state index contributed by atoms with van der Waals surface area (Å²) in [6.07, 6.45) is 2.08. The van der Waals surface area contributed by atoms with Crippen molar-refractivity contribution in [2.24, 2.45) is 5.73 Å². The van der Waals surface area contributed by atoms with E-state index in [0.717, 1.165) is 18.4 Å². The molecule has 1 heterocycles. The fourth-order valence-corrected chi connectivity index (χ4v) is 2.30. The average molecular weight is 335 g/mol. The summed E-state index contributed by atoms with van der Waals surface area (Å²) in [6, 6.07) is 3.55. The Morgan fingerprint density at radius 2 is 2.05 bits per heavy atom. The second-order valence-electron chi connectivity index (χ2n) is 4.62. The molecule has 21 heavy (non-hydrogen) atoms. The maximum Gasteiger partial charge on any atom is 0.224 e. The highest BCUT2D eigenvalue weighted by Gasteiger charge is 2.17. The zero-order valence-corrected chi connectivity index (χ0v) is 13.3. The topological polar surface area (TPSA) is 73.6 Å². The Hall–Kier alpha value is -1.17. The number of ether oxygens (including phenoxy) is 2. The lowest BCUT2D eigenvalue weighted by Crippen LogP contribution is -2.26. The zero-order chi connectivity index (χ0) is 14.4. The number of rotatable bonds is 6. The summed E-state index contributed by atoms with van der Waals surface area (Å²) in [5.41, 5.74) is 6.21. The number of amides is 1. The van der Waals surface area contributed by atoms with Crippen molar-refractivity contribution in [1.29, 1.82) is 0 Å². The quantitative estimate of drug-likeness (QED) is 0.779. The number of hydrogen-bond acceptors (Lipinski definition) is 4. The predicted octanol–water partition coefficient (Wildman–Crippen LogP) is 1.93. The van der Waals surface area contributed by atoms with Crippen LogP contribution in [0.3, 0.4) is 0 Å². The SMILES string of the molecule is Cl.NCCCCNC(=O)Cc1cc(Cl)c2c(c1)OCCO2. The van der Waals surface area contributed by atoms with Crippen LogP contribution in [0.1, 0.15) is 18.4 Å². The van der Waals surface area contributed by atoms with Crippen LogP contribution in [-0.2, 0) is 11.2 Å². The van der Waals surface area contributed by atoms with Crippen molar-refractivity contribution in [3.8, 4) is 11.5 Å². The van der Waals surface area contributed by atoms with E-state index in [1.165, 1.54) is 0 Å². The molecule has 0 aliphatic carbocycles. The molecule has 0 saturated carbocycles. The van der Waals surface area contributed by atoms with Gasteiger partial charge in [0.05, 0.1) is 11.4 Å². The Balaban J connectivity index is 0.00000220. The van der Waals surface area contributed by atoms with Gasteiger partial charge in [-0.2, -0.15) is 0 Å². The molecule has 5 nitrogen and oxygen atoms in total. The average Bonchev–Trinajstić information content (AvgIpc) is 2.44. The van der Waals surface area contributed by atoms with Gasteiger partial charge in [-0.05, 0) is 37.1 Å². The molecule has 0 spiro atoms. The highest BCUT2D eigenvalue weighted by molar-refractivity contribution is 6.32. The molecule has 0 fully saturated rings. The molecule has 0 atom stereocenters. The van der Waals surface area contributed by atoms with Crippen LogP contribution in [0.15, 0.2) is 12.1 Å². The largest absolute Gasteiger partial charge is 0.486 e. The number of benzene rings is 1. The first-order chi connectivity index (χ1) is 9.70. The number of nitrogens with one attached hydrogen (secondary N) is 1. The highest BCUT2D eigenvalue weighted by atomic mass is 35.5. The van der Waals surface area contributed by atoms with Crippen molar-refractivity contribution in [3.63, 3.8) is 0 Å². The standard InChI is InChI=1S/C14H19ClN2O3.ClH/c15-11-7-10(8-12-14(11)20-6-5-19-12)9-13(18)17-4-2-1-3-16;/h7-8H,1-6,9,16H2,(H,17,18);1H. The van der Waals surface area contributed by atoms with Gasteiger partial charge in [0, 0.05) is 6.54 Å². The van der Waals surface area contributed by atoms with E-state index in [4.69, 9.17) is 26.8 Å². The van der Waals surface area contributed by atoms with E-state index >= 15 is 0 Å². The minimum atomic E-state index is -0.0326. The van der Waals surface area contributed by atoms with Crippen molar-refractivity contribution >= 4 is 29.9 Å². The normalized spacial score (nSPS) is 12.5. The number of carbonyl (C=O) groups excluding carboxylic acids is 1. The van der Waals surface area contributed by atoms with Crippen molar-refractivity contribution < 1.29 is 14.3 Å². The lowest BCUT2D eigenvalue weighted by molar-refractivity contribution is -0.120. The van der Waals surface area contributed by atoms with Gasteiger partial charge < -0.3 is 20.5 Å². The Morgan fingerprint density at radius 3 is 2.81 bits per heavy atom. The third-order valence-corrected chi connectivity index (χ3v) is 3.26.